The zero-order valence-corrected chi connectivity index (χ0v) is 12.9. The van der Waals surface area contributed by atoms with Crippen LogP contribution in [0, 0.1) is 5.92 Å². The van der Waals surface area contributed by atoms with Gasteiger partial charge < -0.3 is 0 Å². The van der Waals surface area contributed by atoms with Crippen molar-refractivity contribution in [2.75, 3.05) is 13.7 Å². The minimum absolute atomic E-state index is 0.0184. The Morgan fingerprint density at radius 2 is 2.21 bits per heavy atom. The molecule has 3 N–H and O–H groups in total. The van der Waals surface area contributed by atoms with Crippen molar-refractivity contribution >= 4 is 26.2 Å². The molecule has 14 heavy (non-hydrogen) atoms. The van der Waals surface area contributed by atoms with E-state index in [-0.39, 0.29) is 12.0 Å². The number of rotatable bonds is 3. The first kappa shape index (κ1) is 12.8. The molecule has 1 aliphatic heterocycles. The molecule has 0 saturated carbocycles. The van der Waals surface area contributed by atoms with Gasteiger partial charge in [-0.15, -0.1) is 0 Å². The normalized spacial score (nSPS) is 43.8. The maximum atomic E-state index is 9.82. The summed E-state index contributed by atoms with van der Waals surface area (Å²) in [7, 11) is 1.52. The van der Waals surface area contributed by atoms with E-state index in [0.29, 0.717) is 32.8 Å². The minimum atomic E-state index is -0.598. The third-order valence-corrected chi connectivity index (χ3v) is 3.38. The van der Waals surface area contributed by atoms with Crippen LogP contribution in [0.4, 0.5) is 0 Å². The second kappa shape index (κ2) is 5.71. The van der Waals surface area contributed by atoms with Crippen molar-refractivity contribution in [1.82, 2.24) is 0 Å². The van der Waals surface area contributed by atoms with Gasteiger partial charge in [-0.2, -0.15) is 0 Å². The molecule has 80 valence electrons. The molecule has 0 spiro atoms. The summed E-state index contributed by atoms with van der Waals surface area (Å²) in [6.45, 7) is 2.42. The molecule has 5 atom stereocenters. The fraction of sp³-hybridized carbons (Fsp3) is 1.00. The Balaban J connectivity index is 2.63. The van der Waals surface area contributed by atoms with E-state index >= 15 is 0 Å². The quantitative estimate of drug-likeness (QED) is 0.587. The molecule has 1 aliphatic rings. The molecule has 1 saturated heterocycles. The van der Waals surface area contributed by atoms with E-state index in [0.717, 1.165) is 0 Å². The van der Waals surface area contributed by atoms with Crippen LogP contribution in [0.2, 0.25) is 0 Å². The Bertz CT molecular complexity index is 179. The fourth-order valence-electron chi connectivity index (χ4n) is 1.62. The van der Waals surface area contributed by atoms with Gasteiger partial charge in [0.1, 0.15) is 0 Å². The molecule has 0 aromatic rings. The van der Waals surface area contributed by atoms with Gasteiger partial charge in [0.05, 0.1) is 0 Å². The van der Waals surface area contributed by atoms with Gasteiger partial charge in [0.25, 0.3) is 0 Å². The summed E-state index contributed by atoms with van der Waals surface area (Å²) in [5.74, 6) is -0.0184. The number of hydrogen-bond donors (Lipinski definition) is 2. The molecule has 1 heterocycles. The van der Waals surface area contributed by atoms with Crippen LogP contribution in [0.15, 0.2) is 0 Å². The van der Waals surface area contributed by atoms with Crippen LogP contribution in [0.25, 0.3) is 0 Å². The van der Waals surface area contributed by atoms with Crippen LogP contribution in [0.1, 0.15) is 6.92 Å². The van der Waals surface area contributed by atoms with E-state index in [1.807, 2.05) is 6.92 Å². The molecule has 1 fully saturated rings. The average molecular weight is 395 g/mol. The predicted molar refractivity (Wildman–Crippen MR) is 50.5 cm³/mol. The number of methoxy groups -OCH3 is 1. The van der Waals surface area contributed by atoms with Gasteiger partial charge in [-0.1, -0.05) is 0 Å². The van der Waals surface area contributed by atoms with E-state index in [2.05, 4.69) is 0 Å². The molecule has 0 aromatic heterocycles. The first-order valence-corrected chi connectivity index (χ1v) is 6.38. The van der Waals surface area contributed by atoms with E-state index in [1.54, 1.807) is 0 Å². The molecular weight excluding hydrogens is 378 g/mol. The summed E-state index contributed by atoms with van der Waals surface area (Å²) in [4.78, 5) is 0. The number of ether oxygens (including phenoxy) is 2. The van der Waals surface area contributed by atoms with Gasteiger partial charge in [-0.3, -0.25) is 0 Å². The molecule has 0 radical (unpaired) electrons. The van der Waals surface area contributed by atoms with Crippen LogP contribution in [0.5, 0.6) is 0 Å². The van der Waals surface area contributed by atoms with Crippen LogP contribution < -0.4 is 5.73 Å². The third kappa shape index (κ3) is 2.64. The van der Waals surface area contributed by atoms with Gasteiger partial charge in [-0.05, 0) is 0 Å². The molecule has 0 aliphatic carbocycles. The molecule has 6 heteroatoms. The summed E-state index contributed by atoms with van der Waals surface area (Å²) in [5.41, 5.74) is 5.75. The molecular formula is C8H16NO4Tl. The molecule has 0 aromatic carbocycles. The first-order chi connectivity index (χ1) is 6.61. The van der Waals surface area contributed by atoms with E-state index in [4.69, 9.17) is 17.9 Å². The Morgan fingerprint density at radius 3 is 2.71 bits per heavy atom. The zero-order chi connectivity index (χ0) is 10.7. The average Bonchev–Trinajstić information content (AvgIpc) is 2.19. The number of aliphatic hydroxyl groups excluding tert-OH is 1. The molecule has 1 rings (SSSR count). The predicted octanol–water partition coefficient (Wildman–Crippen LogP) is -1.22. The second-order valence-electron chi connectivity index (χ2n) is 3.54. The Kier molecular flexibility index (Phi) is 5.22. The molecule has 5 nitrogen and oxygen atoms in total. The van der Waals surface area contributed by atoms with Crippen molar-refractivity contribution in [3.05, 3.63) is 0 Å². The summed E-state index contributed by atoms with van der Waals surface area (Å²) in [5, 5.41) is 9.82. The Hall–Kier alpha value is 0.722. The fourth-order valence-corrected chi connectivity index (χ4v) is 2.35. The monoisotopic (exact) mass is 395 g/mol. The van der Waals surface area contributed by atoms with Crippen molar-refractivity contribution in [3.8, 4) is 0 Å². The number of aliphatic hydroxyl groups is 1. The van der Waals surface area contributed by atoms with Gasteiger partial charge in [0.2, 0.25) is 0 Å². The zero-order valence-electron chi connectivity index (χ0n) is 8.42. The van der Waals surface area contributed by atoms with Gasteiger partial charge in [0.15, 0.2) is 0 Å². The van der Waals surface area contributed by atoms with Gasteiger partial charge in [0, 0.05) is 0 Å². The van der Waals surface area contributed by atoms with E-state index in [1.165, 1.54) is 7.11 Å². The van der Waals surface area contributed by atoms with Crippen LogP contribution >= 0.6 is 0 Å². The number of nitrogens with two attached hydrogens (primary N) is 1. The SMILES string of the molecule is COC1OC(C[O][Tl])C(C)C(O)C1N. The van der Waals surface area contributed by atoms with Crippen molar-refractivity contribution in [2.24, 2.45) is 11.7 Å². The number of hydrogen-bond acceptors (Lipinski definition) is 5. The van der Waals surface area contributed by atoms with Crippen molar-refractivity contribution in [2.45, 2.75) is 31.5 Å². The van der Waals surface area contributed by atoms with Gasteiger partial charge >= 0.3 is 100 Å². The molecule has 5 unspecified atom stereocenters. The Morgan fingerprint density at radius 1 is 1.57 bits per heavy atom. The maximum absolute atomic E-state index is 9.82. The molecule has 0 bridgehead atoms. The van der Waals surface area contributed by atoms with Crippen molar-refractivity contribution in [1.29, 1.82) is 0 Å². The van der Waals surface area contributed by atoms with Crippen LogP contribution in [0.3, 0.4) is 0 Å². The molecule has 0 amide bonds. The summed E-state index contributed by atoms with van der Waals surface area (Å²) in [6.07, 6.45) is -1.26. The van der Waals surface area contributed by atoms with Crippen molar-refractivity contribution < 1.29 is 17.3 Å². The van der Waals surface area contributed by atoms with E-state index < -0.39 is 18.4 Å². The van der Waals surface area contributed by atoms with Crippen LogP contribution in [-0.2, 0) is 12.2 Å². The topological polar surface area (TPSA) is 73.9 Å². The van der Waals surface area contributed by atoms with Crippen LogP contribution in [-0.4, -0.2) is 69.6 Å². The van der Waals surface area contributed by atoms with Crippen molar-refractivity contribution in [3.63, 3.8) is 0 Å². The summed E-state index contributed by atoms with van der Waals surface area (Å²) >= 11 is 0.476. The summed E-state index contributed by atoms with van der Waals surface area (Å²) < 4.78 is 15.8. The third-order valence-electron chi connectivity index (χ3n) is 2.64. The standard InChI is InChI=1S/C8H16NO4.Tl/c1-4-5(3-10)13-8(12-2)6(9)7(4)11;/h4-8,11H,3,9H2,1-2H3;/q-1;+1. The first-order valence-electron chi connectivity index (χ1n) is 4.55. The second-order valence-corrected chi connectivity index (χ2v) is 4.83. The van der Waals surface area contributed by atoms with E-state index in [9.17, 15) is 5.11 Å². The van der Waals surface area contributed by atoms with Gasteiger partial charge in [-0.25, -0.2) is 0 Å². The summed E-state index contributed by atoms with van der Waals surface area (Å²) in [6, 6.07) is -0.484. The Labute approximate surface area is 100 Å².